The van der Waals surface area contributed by atoms with Crippen molar-refractivity contribution in [1.82, 2.24) is 9.21 Å². The Balaban J connectivity index is 1.87. The Bertz CT molecular complexity index is 988. The summed E-state index contributed by atoms with van der Waals surface area (Å²) < 4.78 is 33.6. The predicted octanol–water partition coefficient (Wildman–Crippen LogP) is 3.91. The number of aryl methyl sites for hydroxylation is 2. The first-order valence-corrected chi connectivity index (χ1v) is 12.8. The van der Waals surface area contributed by atoms with Gasteiger partial charge in [0.15, 0.2) is 0 Å². The molecule has 2 aromatic carbocycles. The zero-order chi connectivity index (χ0) is 23.1. The van der Waals surface area contributed by atoms with Gasteiger partial charge in [0, 0.05) is 25.7 Å². The van der Waals surface area contributed by atoms with Gasteiger partial charge in [0.1, 0.15) is 0 Å². The van der Waals surface area contributed by atoms with Gasteiger partial charge in [0.05, 0.1) is 17.9 Å². The molecule has 1 aliphatic rings. The number of carbonyl (C=O) groups excluding carboxylic acids is 1. The first kappa shape index (κ1) is 24.4. The number of benzene rings is 2. The van der Waals surface area contributed by atoms with Gasteiger partial charge in [-0.1, -0.05) is 47.5 Å². The van der Waals surface area contributed by atoms with Gasteiger partial charge in [-0.2, -0.15) is 4.31 Å². The molecule has 0 spiro atoms. The van der Waals surface area contributed by atoms with Crippen molar-refractivity contribution in [2.45, 2.75) is 57.5 Å². The molecule has 174 valence electrons. The quantitative estimate of drug-likeness (QED) is 0.589. The molecule has 1 saturated heterocycles. The van der Waals surface area contributed by atoms with Crippen LogP contribution in [-0.2, 0) is 26.1 Å². The highest BCUT2D eigenvalue weighted by Gasteiger charge is 2.32. The molecule has 0 radical (unpaired) electrons. The Morgan fingerprint density at radius 3 is 2.19 bits per heavy atom. The lowest BCUT2D eigenvalue weighted by Crippen LogP contribution is -2.49. The molecule has 7 heteroatoms. The second kappa shape index (κ2) is 11.1. The highest BCUT2D eigenvalue weighted by Crippen LogP contribution is 2.23. The van der Waals surface area contributed by atoms with Crippen molar-refractivity contribution in [3.05, 3.63) is 65.2 Å². The van der Waals surface area contributed by atoms with Gasteiger partial charge in [-0.3, -0.25) is 9.69 Å². The SMILES string of the molecule is CCOC(=O)CC1CN(S(=O)(=O)c2ccc(C)cc2)CCCCN1Cc1ccc(C)cc1. The van der Waals surface area contributed by atoms with Crippen LogP contribution >= 0.6 is 0 Å². The lowest BCUT2D eigenvalue weighted by atomic mass is 10.1. The molecular weight excluding hydrogens is 424 g/mol. The zero-order valence-electron chi connectivity index (χ0n) is 19.3. The van der Waals surface area contributed by atoms with Crippen LogP contribution < -0.4 is 0 Å². The van der Waals surface area contributed by atoms with Crippen LogP contribution in [0.25, 0.3) is 0 Å². The maximum Gasteiger partial charge on any atom is 0.307 e. The summed E-state index contributed by atoms with van der Waals surface area (Å²) >= 11 is 0. The predicted molar refractivity (Wildman–Crippen MR) is 126 cm³/mol. The standard InChI is InChI=1S/C25H34N2O4S/c1-4-31-25(28)17-23-19-27(32(29,30)24-13-9-21(3)10-14-24)16-6-5-15-26(23)18-22-11-7-20(2)8-12-22/h7-14,23H,4-6,15-19H2,1-3H3. The molecular formula is C25H34N2O4S. The van der Waals surface area contributed by atoms with Crippen molar-refractivity contribution in [2.24, 2.45) is 0 Å². The van der Waals surface area contributed by atoms with Gasteiger partial charge < -0.3 is 4.74 Å². The van der Waals surface area contributed by atoms with E-state index in [0.717, 1.165) is 30.5 Å². The third kappa shape index (κ3) is 6.40. The molecule has 0 amide bonds. The van der Waals surface area contributed by atoms with E-state index in [-0.39, 0.29) is 25.0 Å². The number of esters is 1. The molecule has 1 heterocycles. The van der Waals surface area contributed by atoms with E-state index in [2.05, 4.69) is 36.1 Å². The molecule has 1 unspecified atom stereocenters. The zero-order valence-corrected chi connectivity index (χ0v) is 20.1. The number of nitrogens with zero attached hydrogens (tertiary/aromatic N) is 2. The molecule has 0 saturated carbocycles. The van der Waals surface area contributed by atoms with Crippen molar-refractivity contribution < 1.29 is 17.9 Å². The monoisotopic (exact) mass is 458 g/mol. The fourth-order valence-corrected chi connectivity index (χ4v) is 5.56. The van der Waals surface area contributed by atoms with Crippen molar-refractivity contribution in [3.8, 4) is 0 Å². The molecule has 1 fully saturated rings. The van der Waals surface area contributed by atoms with E-state index in [1.165, 1.54) is 5.56 Å². The van der Waals surface area contributed by atoms with E-state index in [4.69, 9.17) is 4.74 Å². The van der Waals surface area contributed by atoms with Crippen LogP contribution in [-0.4, -0.2) is 55.9 Å². The normalized spacial score (nSPS) is 18.7. The van der Waals surface area contributed by atoms with E-state index in [1.807, 2.05) is 19.1 Å². The number of hydrogen-bond acceptors (Lipinski definition) is 5. The molecule has 0 bridgehead atoms. The third-order valence-electron chi connectivity index (χ3n) is 5.91. The van der Waals surface area contributed by atoms with Crippen LogP contribution in [0.3, 0.4) is 0 Å². The molecule has 1 atom stereocenters. The van der Waals surface area contributed by atoms with Gasteiger partial charge in [-0.15, -0.1) is 0 Å². The minimum atomic E-state index is -3.65. The van der Waals surface area contributed by atoms with Gasteiger partial charge >= 0.3 is 5.97 Å². The maximum absolute atomic E-state index is 13.4. The number of rotatable bonds is 7. The van der Waals surface area contributed by atoms with Gasteiger partial charge in [0.2, 0.25) is 10.0 Å². The summed E-state index contributed by atoms with van der Waals surface area (Å²) in [5.74, 6) is -0.292. The Hall–Kier alpha value is -2.22. The molecule has 32 heavy (non-hydrogen) atoms. The Morgan fingerprint density at radius 2 is 1.56 bits per heavy atom. The fraction of sp³-hybridized carbons (Fsp3) is 0.480. The van der Waals surface area contributed by atoms with E-state index >= 15 is 0 Å². The molecule has 3 rings (SSSR count). The topological polar surface area (TPSA) is 66.9 Å². The maximum atomic E-state index is 13.4. The lowest BCUT2D eigenvalue weighted by molar-refractivity contribution is -0.144. The van der Waals surface area contributed by atoms with Crippen LogP contribution in [0.4, 0.5) is 0 Å². The van der Waals surface area contributed by atoms with Crippen molar-refractivity contribution in [2.75, 3.05) is 26.2 Å². The van der Waals surface area contributed by atoms with Gasteiger partial charge in [0.25, 0.3) is 0 Å². The van der Waals surface area contributed by atoms with E-state index in [1.54, 1.807) is 23.4 Å². The minimum Gasteiger partial charge on any atom is -0.466 e. The van der Waals surface area contributed by atoms with Crippen molar-refractivity contribution in [1.29, 1.82) is 0 Å². The summed E-state index contributed by atoms with van der Waals surface area (Å²) in [6.45, 7) is 8.29. The molecule has 0 N–H and O–H groups in total. The van der Waals surface area contributed by atoms with Crippen molar-refractivity contribution in [3.63, 3.8) is 0 Å². The highest BCUT2D eigenvalue weighted by molar-refractivity contribution is 7.89. The summed E-state index contributed by atoms with van der Waals surface area (Å²) in [4.78, 5) is 14.9. The Morgan fingerprint density at radius 1 is 0.969 bits per heavy atom. The van der Waals surface area contributed by atoms with Crippen LogP contribution in [0.2, 0.25) is 0 Å². The van der Waals surface area contributed by atoms with Crippen LogP contribution in [0.1, 0.15) is 42.9 Å². The lowest BCUT2D eigenvalue weighted by Gasteiger charge is -2.37. The smallest absolute Gasteiger partial charge is 0.307 e. The number of carbonyl (C=O) groups is 1. The van der Waals surface area contributed by atoms with Crippen LogP contribution in [0, 0.1) is 13.8 Å². The average Bonchev–Trinajstić information content (AvgIpc) is 2.74. The summed E-state index contributed by atoms with van der Waals surface area (Å²) in [6, 6.07) is 15.0. The van der Waals surface area contributed by atoms with Gasteiger partial charge in [-0.25, -0.2) is 8.42 Å². The van der Waals surface area contributed by atoms with E-state index in [9.17, 15) is 13.2 Å². The number of sulfonamides is 1. The molecule has 2 aromatic rings. The minimum absolute atomic E-state index is 0.166. The molecule has 6 nitrogen and oxygen atoms in total. The summed E-state index contributed by atoms with van der Waals surface area (Å²) in [5, 5.41) is 0. The van der Waals surface area contributed by atoms with Crippen molar-refractivity contribution >= 4 is 16.0 Å². The van der Waals surface area contributed by atoms with Crippen LogP contribution in [0.15, 0.2) is 53.4 Å². The molecule has 0 aromatic heterocycles. The number of hydrogen-bond donors (Lipinski definition) is 0. The first-order chi connectivity index (χ1) is 15.3. The second-order valence-corrected chi connectivity index (χ2v) is 10.4. The Labute approximate surface area is 192 Å². The summed E-state index contributed by atoms with van der Waals surface area (Å²) in [6.07, 6.45) is 1.81. The first-order valence-electron chi connectivity index (χ1n) is 11.3. The molecule has 1 aliphatic heterocycles. The third-order valence-corrected chi connectivity index (χ3v) is 7.79. The van der Waals surface area contributed by atoms with E-state index < -0.39 is 10.0 Å². The summed E-state index contributed by atoms with van der Waals surface area (Å²) in [7, 11) is -3.65. The number of ether oxygens (including phenoxy) is 1. The summed E-state index contributed by atoms with van der Waals surface area (Å²) in [5.41, 5.74) is 3.36. The van der Waals surface area contributed by atoms with Gasteiger partial charge in [-0.05, 0) is 57.9 Å². The average molecular weight is 459 g/mol. The highest BCUT2D eigenvalue weighted by atomic mass is 32.2. The second-order valence-electron chi connectivity index (χ2n) is 8.50. The largest absolute Gasteiger partial charge is 0.466 e. The van der Waals surface area contributed by atoms with Crippen LogP contribution in [0.5, 0.6) is 0 Å². The molecule has 0 aliphatic carbocycles. The Kier molecular flexibility index (Phi) is 8.45. The fourth-order valence-electron chi connectivity index (χ4n) is 4.05. The van der Waals surface area contributed by atoms with E-state index in [0.29, 0.717) is 24.6 Å².